The van der Waals surface area contributed by atoms with Crippen LogP contribution in [-0.2, 0) is 5.54 Å². The van der Waals surface area contributed by atoms with E-state index in [4.69, 9.17) is 5.73 Å². The lowest BCUT2D eigenvalue weighted by molar-refractivity contribution is 0.286. The Morgan fingerprint density at radius 2 is 1.94 bits per heavy atom. The van der Waals surface area contributed by atoms with Crippen molar-refractivity contribution in [3.05, 3.63) is 36.5 Å². The maximum Gasteiger partial charge on any atom is 0.0485 e. The van der Waals surface area contributed by atoms with Crippen molar-refractivity contribution in [3.63, 3.8) is 0 Å². The SMILES string of the molecule is CC(CN)CC(C)(C)n1ccc2ccccc21. The number of fused-ring (bicyclic) bond motifs is 1. The van der Waals surface area contributed by atoms with E-state index in [0.29, 0.717) is 5.92 Å². The van der Waals surface area contributed by atoms with Crippen LogP contribution in [0.1, 0.15) is 27.2 Å². The van der Waals surface area contributed by atoms with Crippen LogP contribution in [0.3, 0.4) is 0 Å². The van der Waals surface area contributed by atoms with Gasteiger partial charge in [-0.15, -0.1) is 0 Å². The van der Waals surface area contributed by atoms with Gasteiger partial charge in [0.2, 0.25) is 0 Å². The normalized spacial score (nSPS) is 14.1. The largest absolute Gasteiger partial charge is 0.342 e. The van der Waals surface area contributed by atoms with E-state index < -0.39 is 0 Å². The Morgan fingerprint density at radius 1 is 1.24 bits per heavy atom. The zero-order valence-corrected chi connectivity index (χ0v) is 11.0. The van der Waals surface area contributed by atoms with E-state index in [0.717, 1.165) is 13.0 Å². The average Bonchev–Trinajstić information content (AvgIpc) is 2.72. The maximum absolute atomic E-state index is 5.74. The lowest BCUT2D eigenvalue weighted by Crippen LogP contribution is -2.30. The standard InChI is InChI=1S/C15H22N2/c1-12(11-16)10-15(2,3)17-9-8-13-6-4-5-7-14(13)17/h4-9,12H,10-11,16H2,1-3H3. The van der Waals surface area contributed by atoms with Crippen molar-refractivity contribution in [2.24, 2.45) is 11.7 Å². The van der Waals surface area contributed by atoms with Crippen molar-refractivity contribution in [2.75, 3.05) is 6.54 Å². The van der Waals surface area contributed by atoms with Crippen LogP contribution in [0, 0.1) is 5.92 Å². The molecule has 2 nitrogen and oxygen atoms in total. The molecule has 1 atom stereocenters. The van der Waals surface area contributed by atoms with E-state index >= 15 is 0 Å². The molecule has 1 unspecified atom stereocenters. The molecule has 1 heterocycles. The fourth-order valence-corrected chi connectivity index (χ4v) is 2.65. The fourth-order valence-electron chi connectivity index (χ4n) is 2.65. The predicted molar refractivity (Wildman–Crippen MR) is 74.1 cm³/mol. The second-order valence-electron chi connectivity index (χ2n) is 5.60. The Kier molecular flexibility index (Phi) is 3.25. The van der Waals surface area contributed by atoms with Crippen molar-refractivity contribution in [3.8, 4) is 0 Å². The van der Waals surface area contributed by atoms with Gasteiger partial charge in [-0.1, -0.05) is 25.1 Å². The second-order valence-corrected chi connectivity index (χ2v) is 5.60. The summed E-state index contributed by atoms with van der Waals surface area (Å²) in [5.41, 5.74) is 7.16. The van der Waals surface area contributed by atoms with Crippen LogP contribution >= 0.6 is 0 Å². The van der Waals surface area contributed by atoms with Crippen LogP contribution in [0.4, 0.5) is 0 Å². The highest BCUT2D eigenvalue weighted by Crippen LogP contribution is 2.29. The van der Waals surface area contributed by atoms with E-state index in [1.165, 1.54) is 10.9 Å². The summed E-state index contributed by atoms with van der Waals surface area (Å²) >= 11 is 0. The molecule has 1 aromatic heterocycles. The Morgan fingerprint density at radius 3 is 2.65 bits per heavy atom. The number of hydrogen-bond acceptors (Lipinski definition) is 1. The molecular weight excluding hydrogens is 208 g/mol. The van der Waals surface area contributed by atoms with Gasteiger partial charge in [-0.3, -0.25) is 0 Å². The summed E-state index contributed by atoms with van der Waals surface area (Å²) < 4.78 is 2.37. The number of para-hydroxylation sites is 1. The molecule has 0 aliphatic rings. The van der Waals surface area contributed by atoms with Gasteiger partial charge in [0.05, 0.1) is 0 Å². The molecular formula is C15H22N2. The summed E-state index contributed by atoms with van der Waals surface area (Å²) in [6.45, 7) is 7.53. The lowest BCUT2D eigenvalue weighted by atomic mass is 9.91. The van der Waals surface area contributed by atoms with Crippen molar-refractivity contribution in [1.82, 2.24) is 4.57 Å². The maximum atomic E-state index is 5.74. The Balaban J connectivity index is 2.38. The van der Waals surface area contributed by atoms with E-state index in [1.807, 2.05) is 0 Å². The van der Waals surface area contributed by atoms with E-state index in [2.05, 4.69) is 61.9 Å². The van der Waals surface area contributed by atoms with Gasteiger partial charge in [-0.2, -0.15) is 0 Å². The molecule has 92 valence electrons. The molecule has 17 heavy (non-hydrogen) atoms. The first-order chi connectivity index (χ1) is 8.04. The third-order valence-corrected chi connectivity index (χ3v) is 3.50. The summed E-state index contributed by atoms with van der Waals surface area (Å²) in [6, 6.07) is 10.7. The van der Waals surface area contributed by atoms with Crippen molar-refractivity contribution < 1.29 is 0 Å². The first-order valence-corrected chi connectivity index (χ1v) is 6.31. The molecule has 1 aromatic carbocycles. The minimum atomic E-state index is 0.113. The molecule has 0 aliphatic carbocycles. The number of benzene rings is 1. The van der Waals surface area contributed by atoms with Crippen molar-refractivity contribution in [1.29, 1.82) is 0 Å². The van der Waals surface area contributed by atoms with Crippen LogP contribution in [0.2, 0.25) is 0 Å². The molecule has 0 spiro atoms. The van der Waals surface area contributed by atoms with Crippen LogP contribution in [0.5, 0.6) is 0 Å². The van der Waals surface area contributed by atoms with Gasteiger partial charge in [-0.25, -0.2) is 0 Å². The highest BCUT2D eigenvalue weighted by Gasteiger charge is 2.23. The van der Waals surface area contributed by atoms with Gasteiger partial charge in [-0.05, 0) is 50.2 Å². The van der Waals surface area contributed by atoms with Gasteiger partial charge < -0.3 is 10.3 Å². The predicted octanol–water partition coefficient (Wildman–Crippen LogP) is 3.36. The van der Waals surface area contributed by atoms with Crippen molar-refractivity contribution in [2.45, 2.75) is 32.7 Å². The monoisotopic (exact) mass is 230 g/mol. The molecule has 0 amide bonds. The second kappa shape index (κ2) is 4.53. The Labute approximate surface area is 103 Å². The lowest BCUT2D eigenvalue weighted by Gasteiger charge is -2.30. The topological polar surface area (TPSA) is 30.9 Å². The van der Waals surface area contributed by atoms with Crippen LogP contribution in [0.25, 0.3) is 10.9 Å². The Hall–Kier alpha value is -1.28. The first kappa shape index (κ1) is 12.2. The number of nitrogens with zero attached hydrogens (tertiary/aromatic N) is 1. The number of aromatic nitrogens is 1. The zero-order chi connectivity index (χ0) is 12.5. The highest BCUT2D eigenvalue weighted by molar-refractivity contribution is 5.80. The summed E-state index contributed by atoms with van der Waals surface area (Å²) in [4.78, 5) is 0. The molecule has 0 aliphatic heterocycles. The van der Waals surface area contributed by atoms with Crippen molar-refractivity contribution >= 4 is 10.9 Å². The fraction of sp³-hybridized carbons (Fsp3) is 0.467. The van der Waals surface area contributed by atoms with E-state index in [-0.39, 0.29) is 5.54 Å². The third-order valence-electron chi connectivity index (χ3n) is 3.50. The molecule has 0 saturated heterocycles. The molecule has 2 heteroatoms. The summed E-state index contributed by atoms with van der Waals surface area (Å²) in [5, 5.41) is 1.31. The summed E-state index contributed by atoms with van der Waals surface area (Å²) in [7, 11) is 0. The smallest absolute Gasteiger partial charge is 0.0485 e. The molecule has 2 rings (SSSR count). The number of rotatable bonds is 4. The molecule has 0 fully saturated rings. The molecule has 0 saturated carbocycles. The zero-order valence-electron chi connectivity index (χ0n) is 11.0. The Bertz CT molecular complexity index is 496. The van der Waals surface area contributed by atoms with Gasteiger partial charge in [0.15, 0.2) is 0 Å². The van der Waals surface area contributed by atoms with Gasteiger partial charge in [0.25, 0.3) is 0 Å². The molecule has 0 radical (unpaired) electrons. The van der Waals surface area contributed by atoms with E-state index in [1.54, 1.807) is 0 Å². The van der Waals surface area contributed by atoms with Gasteiger partial charge >= 0.3 is 0 Å². The number of nitrogens with two attached hydrogens (primary N) is 1. The number of hydrogen-bond donors (Lipinski definition) is 1. The summed E-state index contributed by atoms with van der Waals surface area (Å²) in [6.07, 6.45) is 3.29. The van der Waals surface area contributed by atoms with Gasteiger partial charge in [0.1, 0.15) is 0 Å². The molecule has 0 bridgehead atoms. The van der Waals surface area contributed by atoms with Crippen LogP contribution in [0.15, 0.2) is 36.5 Å². The minimum Gasteiger partial charge on any atom is -0.342 e. The molecule has 2 N–H and O–H groups in total. The minimum absolute atomic E-state index is 0.113. The van der Waals surface area contributed by atoms with E-state index in [9.17, 15) is 0 Å². The third kappa shape index (κ3) is 2.37. The average molecular weight is 230 g/mol. The van der Waals surface area contributed by atoms with Crippen LogP contribution in [-0.4, -0.2) is 11.1 Å². The summed E-state index contributed by atoms with van der Waals surface area (Å²) in [5.74, 6) is 0.547. The quantitative estimate of drug-likeness (QED) is 0.858. The van der Waals surface area contributed by atoms with Crippen LogP contribution < -0.4 is 5.73 Å². The van der Waals surface area contributed by atoms with Gasteiger partial charge in [0, 0.05) is 17.3 Å². The highest BCUT2D eigenvalue weighted by atomic mass is 15.0. The first-order valence-electron chi connectivity index (χ1n) is 6.31. The molecule has 2 aromatic rings.